The molecule has 0 radical (unpaired) electrons. The number of carbonyl (C=O) groups is 3. The molecule has 0 spiro atoms. The van der Waals surface area contributed by atoms with E-state index in [0.29, 0.717) is 19.3 Å². The van der Waals surface area contributed by atoms with Crippen LogP contribution in [0.3, 0.4) is 0 Å². The van der Waals surface area contributed by atoms with Crippen molar-refractivity contribution in [3.05, 3.63) is 59.7 Å². The van der Waals surface area contributed by atoms with Gasteiger partial charge in [-0.05, 0) is 47.4 Å². The Morgan fingerprint density at radius 2 is 1.59 bits per heavy atom. The van der Waals surface area contributed by atoms with Gasteiger partial charge in [-0.15, -0.1) is 0 Å². The normalized spacial score (nSPS) is 19.5. The predicted molar refractivity (Wildman–Crippen MR) is 128 cm³/mol. The molecule has 180 valence electrons. The largest absolute Gasteiger partial charge is 0.481 e. The minimum absolute atomic E-state index is 0.0197. The first-order valence-electron chi connectivity index (χ1n) is 12.0. The number of carboxylic acid groups (broad SMARTS) is 1. The molecule has 2 aromatic carbocycles. The molecule has 7 nitrogen and oxygen atoms in total. The summed E-state index contributed by atoms with van der Waals surface area (Å²) in [7, 11) is 0. The van der Waals surface area contributed by atoms with Crippen LogP contribution in [0.15, 0.2) is 48.5 Å². The van der Waals surface area contributed by atoms with Gasteiger partial charge in [-0.1, -0.05) is 62.4 Å². The summed E-state index contributed by atoms with van der Waals surface area (Å²) < 4.78 is 5.58. The quantitative estimate of drug-likeness (QED) is 0.517. The molecule has 7 heteroatoms. The molecule has 2 aromatic rings. The van der Waals surface area contributed by atoms with Crippen LogP contribution in [0.2, 0.25) is 0 Å². The van der Waals surface area contributed by atoms with Gasteiger partial charge in [0.05, 0.1) is 11.8 Å². The second-order valence-corrected chi connectivity index (χ2v) is 9.74. The smallest absolute Gasteiger partial charge is 0.407 e. The molecule has 0 bridgehead atoms. The average molecular weight is 465 g/mol. The molecule has 0 aliphatic heterocycles. The number of amides is 2. The first kappa shape index (κ1) is 23.8. The molecule has 0 saturated heterocycles. The predicted octanol–water partition coefficient (Wildman–Crippen LogP) is 4.17. The van der Waals surface area contributed by atoms with Crippen molar-refractivity contribution >= 4 is 18.0 Å². The number of carbonyl (C=O) groups excluding carboxylic acids is 2. The first-order valence-corrected chi connectivity index (χ1v) is 12.0. The topological polar surface area (TPSA) is 105 Å². The minimum Gasteiger partial charge on any atom is -0.481 e. The summed E-state index contributed by atoms with van der Waals surface area (Å²) in [6, 6.07) is 16.2. The Hall–Kier alpha value is -3.35. The van der Waals surface area contributed by atoms with Crippen LogP contribution >= 0.6 is 0 Å². The molecule has 34 heavy (non-hydrogen) atoms. The van der Waals surface area contributed by atoms with E-state index in [1.165, 1.54) is 11.1 Å². The maximum Gasteiger partial charge on any atom is 0.407 e. The van der Waals surface area contributed by atoms with Crippen molar-refractivity contribution in [2.45, 2.75) is 45.1 Å². The van der Waals surface area contributed by atoms with Crippen molar-refractivity contribution in [2.75, 3.05) is 13.2 Å². The molecule has 2 amide bonds. The Morgan fingerprint density at radius 3 is 2.15 bits per heavy atom. The number of benzene rings is 2. The van der Waals surface area contributed by atoms with Gasteiger partial charge < -0.3 is 20.5 Å². The van der Waals surface area contributed by atoms with E-state index in [9.17, 15) is 14.4 Å². The molecule has 3 N–H and O–H groups in total. The van der Waals surface area contributed by atoms with Gasteiger partial charge in [0.25, 0.3) is 0 Å². The fraction of sp³-hybridized carbons (Fsp3) is 0.444. The van der Waals surface area contributed by atoms with Crippen molar-refractivity contribution < 1.29 is 24.2 Å². The lowest BCUT2D eigenvalue weighted by molar-refractivity contribution is -0.146. The summed E-state index contributed by atoms with van der Waals surface area (Å²) in [6.45, 7) is 4.45. The zero-order chi connectivity index (χ0) is 24.2. The molecule has 4 rings (SSSR count). The molecule has 1 fully saturated rings. The van der Waals surface area contributed by atoms with Crippen LogP contribution in [0.1, 0.15) is 50.2 Å². The highest BCUT2D eigenvalue weighted by Crippen LogP contribution is 2.44. The number of alkyl carbamates (subject to hydrolysis) is 1. The van der Waals surface area contributed by atoms with Crippen LogP contribution in [-0.2, 0) is 14.3 Å². The molecule has 2 aliphatic rings. The van der Waals surface area contributed by atoms with E-state index in [2.05, 4.69) is 34.9 Å². The summed E-state index contributed by atoms with van der Waals surface area (Å²) >= 11 is 0. The number of fused-ring (bicyclic) bond motifs is 3. The summed E-state index contributed by atoms with van der Waals surface area (Å²) in [5.74, 6) is -1.50. The zero-order valence-corrected chi connectivity index (χ0v) is 19.6. The Labute approximate surface area is 199 Å². The first-order chi connectivity index (χ1) is 16.3. The van der Waals surface area contributed by atoms with Gasteiger partial charge in [0.15, 0.2) is 0 Å². The van der Waals surface area contributed by atoms with Gasteiger partial charge in [0, 0.05) is 18.5 Å². The maximum absolute atomic E-state index is 12.8. The SMILES string of the molecule is CC(C)CC(CNC(=O)OCC1c2ccccc2-c2ccccc21)C(=O)NC1CC(C(=O)O)C1. The van der Waals surface area contributed by atoms with Crippen molar-refractivity contribution in [3.8, 4) is 11.1 Å². The van der Waals surface area contributed by atoms with Crippen LogP contribution < -0.4 is 10.6 Å². The van der Waals surface area contributed by atoms with Crippen molar-refractivity contribution in [1.29, 1.82) is 0 Å². The van der Waals surface area contributed by atoms with Gasteiger partial charge in [-0.2, -0.15) is 0 Å². The summed E-state index contributed by atoms with van der Waals surface area (Å²) in [4.78, 5) is 36.3. The molecule has 0 heterocycles. The van der Waals surface area contributed by atoms with Gasteiger partial charge in [0.1, 0.15) is 6.61 Å². The Morgan fingerprint density at radius 1 is 1.00 bits per heavy atom. The van der Waals surface area contributed by atoms with Gasteiger partial charge in [-0.3, -0.25) is 9.59 Å². The third-order valence-electron chi connectivity index (χ3n) is 6.80. The van der Waals surface area contributed by atoms with Crippen LogP contribution in [-0.4, -0.2) is 42.3 Å². The lowest BCUT2D eigenvalue weighted by atomic mass is 9.80. The lowest BCUT2D eigenvalue weighted by Gasteiger charge is -2.34. The lowest BCUT2D eigenvalue weighted by Crippen LogP contribution is -2.50. The van der Waals surface area contributed by atoms with E-state index in [4.69, 9.17) is 9.84 Å². The summed E-state index contributed by atoms with van der Waals surface area (Å²) in [5, 5.41) is 14.7. The van der Waals surface area contributed by atoms with Crippen LogP contribution in [0.5, 0.6) is 0 Å². The van der Waals surface area contributed by atoms with Crippen LogP contribution in [0, 0.1) is 17.8 Å². The van der Waals surface area contributed by atoms with E-state index in [0.717, 1.165) is 11.1 Å². The number of ether oxygens (including phenoxy) is 1. The zero-order valence-electron chi connectivity index (χ0n) is 19.6. The van der Waals surface area contributed by atoms with Crippen LogP contribution in [0.25, 0.3) is 11.1 Å². The van der Waals surface area contributed by atoms with E-state index >= 15 is 0 Å². The number of rotatable bonds is 9. The molecule has 1 unspecified atom stereocenters. The number of hydrogen-bond acceptors (Lipinski definition) is 4. The van der Waals surface area contributed by atoms with E-state index in [1.807, 2.05) is 38.1 Å². The molecule has 2 aliphatic carbocycles. The van der Waals surface area contributed by atoms with Crippen molar-refractivity contribution in [2.24, 2.45) is 17.8 Å². The highest BCUT2D eigenvalue weighted by Gasteiger charge is 2.36. The van der Waals surface area contributed by atoms with Crippen molar-refractivity contribution in [3.63, 3.8) is 0 Å². The highest BCUT2D eigenvalue weighted by molar-refractivity contribution is 5.81. The fourth-order valence-electron chi connectivity index (χ4n) is 4.96. The maximum atomic E-state index is 12.8. The van der Waals surface area contributed by atoms with E-state index in [-0.39, 0.29) is 42.9 Å². The summed E-state index contributed by atoms with van der Waals surface area (Å²) in [6.07, 6.45) is 0.979. The minimum atomic E-state index is -0.818. The second kappa shape index (κ2) is 10.3. The summed E-state index contributed by atoms with van der Waals surface area (Å²) in [5.41, 5.74) is 4.63. The molecular formula is C27H32N2O5. The molecule has 1 saturated carbocycles. The van der Waals surface area contributed by atoms with E-state index < -0.39 is 18.0 Å². The Bertz CT molecular complexity index is 1010. The molecule has 1 atom stereocenters. The van der Waals surface area contributed by atoms with Crippen LogP contribution in [0.4, 0.5) is 4.79 Å². The molecule has 0 aromatic heterocycles. The second-order valence-electron chi connectivity index (χ2n) is 9.74. The van der Waals surface area contributed by atoms with Gasteiger partial charge in [0.2, 0.25) is 5.91 Å². The fourth-order valence-corrected chi connectivity index (χ4v) is 4.96. The van der Waals surface area contributed by atoms with Crippen molar-refractivity contribution in [1.82, 2.24) is 10.6 Å². The van der Waals surface area contributed by atoms with E-state index in [1.54, 1.807) is 0 Å². The number of carboxylic acids is 1. The number of hydrogen-bond donors (Lipinski definition) is 3. The third kappa shape index (κ3) is 5.24. The van der Waals surface area contributed by atoms with Gasteiger partial charge in [-0.25, -0.2) is 4.79 Å². The molecular weight excluding hydrogens is 432 g/mol. The Balaban J connectivity index is 1.30. The average Bonchev–Trinajstić information content (AvgIpc) is 3.10. The third-order valence-corrected chi connectivity index (χ3v) is 6.80. The monoisotopic (exact) mass is 464 g/mol. The number of nitrogens with one attached hydrogen (secondary N) is 2. The standard InChI is InChI=1S/C27H32N2O5/c1-16(2)11-18(25(30)29-19-12-17(13-19)26(31)32)14-28-27(33)34-15-24-22-9-5-3-7-20(22)21-8-4-6-10-23(21)24/h3-10,16-19,24H,11-15H2,1-2H3,(H,28,33)(H,29,30)(H,31,32). The number of aliphatic carboxylic acids is 1. The van der Waals surface area contributed by atoms with Gasteiger partial charge >= 0.3 is 12.1 Å². The Kier molecular flexibility index (Phi) is 7.20. The highest BCUT2D eigenvalue weighted by atomic mass is 16.5.